The van der Waals surface area contributed by atoms with E-state index in [1.165, 1.54) is 0 Å². The molecule has 0 atom stereocenters. The van der Waals surface area contributed by atoms with Crippen molar-refractivity contribution in [2.75, 3.05) is 5.43 Å². The van der Waals surface area contributed by atoms with Crippen molar-refractivity contribution >= 4 is 35.0 Å². The number of anilines is 1. The number of hydrazine groups is 1. The summed E-state index contributed by atoms with van der Waals surface area (Å²) < 4.78 is 4.85. The highest BCUT2D eigenvalue weighted by Gasteiger charge is 2.05. The van der Waals surface area contributed by atoms with Crippen LogP contribution < -0.4 is 10.9 Å². The number of nitrogens with one attached hydrogen (secondary N) is 2. The maximum absolute atomic E-state index is 11.1. The molecule has 2 N–H and O–H groups in total. The number of halogens is 2. The largest absolute Gasteiger partial charge is 0.446 e. The molecule has 1 amide bonds. The number of hydrogen-bond donors (Lipinski definition) is 2. The highest BCUT2D eigenvalue weighted by atomic mass is 35.5. The van der Waals surface area contributed by atoms with Gasteiger partial charge in [0.05, 0.1) is 16.8 Å². The molecule has 6 heteroatoms. The Hall–Kier alpha value is -1.13. The molecule has 1 rings (SSSR count). The van der Waals surface area contributed by atoms with Crippen LogP contribution in [0, 0.1) is 0 Å². The zero-order valence-electron chi connectivity index (χ0n) is 8.88. The summed E-state index contributed by atoms with van der Waals surface area (Å²) in [5.41, 5.74) is 5.53. The van der Waals surface area contributed by atoms with E-state index in [9.17, 15) is 4.79 Å². The molecule has 4 nitrogen and oxygen atoms in total. The van der Waals surface area contributed by atoms with Gasteiger partial charge in [0.25, 0.3) is 0 Å². The smallest absolute Gasteiger partial charge is 0.426 e. The van der Waals surface area contributed by atoms with Gasteiger partial charge in [0, 0.05) is 5.02 Å². The highest BCUT2D eigenvalue weighted by molar-refractivity contribution is 6.36. The minimum atomic E-state index is -0.569. The Balaban J connectivity index is 2.51. The molecule has 0 heterocycles. The van der Waals surface area contributed by atoms with E-state index in [2.05, 4.69) is 10.9 Å². The van der Waals surface area contributed by atoms with Gasteiger partial charge in [0.1, 0.15) is 0 Å². The van der Waals surface area contributed by atoms with E-state index in [-0.39, 0.29) is 6.10 Å². The van der Waals surface area contributed by atoms with Gasteiger partial charge in [-0.2, -0.15) is 0 Å². The van der Waals surface area contributed by atoms with Gasteiger partial charge in [0.15, 0.2) is 0 Å². The van der Waals surface area contributed by atoms with Crippen molar-refractivity contribution in [3.63, 3.8) is 0 Å². The first kappa shape index (κ1) is 12.9. The number of carbonyl (C=O) groups is 1. The molecule has 0 spiro atoms. The molecule has 0 aromatic heterocycles. The van der Waals surface area contributed by atoms with Crippen LogP contribution in [0.1, 0.15) is 13.8 Å². The lowest BCUT2D eigenvalue weighted by Crippen LogP contribution is -2.31. The fourth-order valence-corrected chi connectivity index (χ4v) is 1.41. The average molecular weight is 263 g/mol. The number of hydrogen-bond acceptors (Lipinski definition) is 3. The lowest BCUT2D eigenvalue weighted by Gasteiger charge is -2.12. The van der Waals surface area contributed by atoms with Crippen LogP contribution in [0.3, 0.4) is 0 Å². The fourth-order valence-electron chi connectivity index (χ4n) is 0.953. The van der Waals surface area contributed by atoms with Gasteiger partial charge in [-0.05, 0) is 32.0 Å². The van der Waals surface area contributed by atoms with Crippen molar-refractivity contribution in [2.24, 2.45) is 0 Å². The molecule has 0 radical (unpaired) electrons. The van der Waals surface area contributed by atoms with Gasteiger partial charge in [-0.3, -0.25) is 5.43 Å². The van der Waals surface area contributed by atoms with Crippen molar-refractivity contribution in [3.8, 4) is 0 Å². The van der Waals surface area contributed by atoms with Gasteiger partial charge >= 0.3 is 6.09 Å². The molecule has 0 bridgehead atoms. The molecule has 16 heavy (non-hydrogen) atoms. The maximum atomic E-state index is 11.1. The maximum Gasteiger partial charge on any atom is 0.426 e. The van der Waals surface area contributed by atoms with E-state index in [4.69, 9.17) is 27.9 Å². The number of ether oxygens (including phenoxy) is 1. The summed E-state index contributed by atoms with van der Waals surface area (Å²) in [6.45, 7) is 3.52. The molecule has 1 aromatic carbocycles. The zero-order valence-corrected chi connectivity index (χ0v) is 10.4. The molecule has 0 saturated heterocycles. The van der Waals surface area contributed by atoms with Crippen molar-refractivity contribution < 1.29 is 9.53 Å². The first-order valence-corrected chi connectivity index (χ1v) is 5.42. The highest BCUT2D eigenvalue weighted by Crippen LogP contribution is 2.24. The summed E-state index contributed by atoms with van der Waals surface area (Å²) >= 11 is 11.6. The summed E-state index contributed by atoms with van der Waals surface area (Å²) in [7, 11) is 0. The zero-order chi connectivity index (χ0) is 12.1. The van der Waals surface area contributed by atoms with Gasteiger partial charge in [0.2, 0.25) is 0 Å². The van der Waals surface area contributed by atoms with Crippen LogP contribution in [0.4, 0.5) is 10.5 Å². The van der Waals surface area contributed by atoms with Crippen LogP contribution >= 0.6 is 23.2 Å². The molecule has 0 unspecified atom stereocenters. The Bertz CT molecular complexity index is 383. The van der Waals surface area contributed by atoms with Gasteiger partial charge in [-0.15, -0.1) is 0 Å². The molecule has 0 aliphatic rings. The van der Waals surface area contributed by atoms with E-state index >= 15 is 0 Å². The summed E-state index contributed by atoms with van der Waals surface area (Å²) in [4.78, 5) is 11.1. The van der Waals surface area contributed by atoms with Crippen molar-refractivity contribution in [3.05, 3.63) is 28.2 Å². The van der Waals surface area contributed by atoms with Crippen molar-refractivity contribution in [2.45, 2.75) is 20.0 Å². The lowest BCUT2D eigenvalue weighted by atomic mass is 10.3. The predicted molar refractivity (Wildman–Crippen MR) is 64.8 cm³/mol. The minimum Gasteiger partial charge on any atom is -0.446 e. The standard InChI is InChI=1S/C10H12Cl2N2O2/c1-6(2)16-10(15)14-13-9-4-3-7(11)5-8(9)12/h3-6,13H,1-2H3,(H,14,15). The van der Waals surface area contributed by atoms with E-state index < -0.39 is 6.09 Å². The summed E-state index contributed by atoms with van der Waals surface area (Å²) in [5, 5.41) is 0.942. The molecular weight excluding hydrogens is 251 g/mol. The molecule has 0 aliphatic heterocycles. The first-order valence-electron chi connectivity index (χ1n) is 4.66. The topological polar surface area (TPSA) is 50.4 Å². The number of amides is 1. The Morgan fingerprint density at radius 3 is 2.62 bits per heavy atom. The van der Waals surface area contributed by atoms with Crippen molar-refractivity contribution in [1.29, 1.82) is 0 Å². The van der Waals surface area contributed by atoms with Crippen LogP contribution in [-0.2, 0) is 4.74 Å². The van der Waals surface area contributed by atoms with Crippen LogP contribution in [0.25, 0.3) is 0 Å². The van der Waals surface area contributed by atoms with Crippen LogP contribution in [0.2, 0.25) is 10.0 Å². The summed E-state index contributed by atoms with van der Waals surface area (Å²) in [5.74, 6) is 0. The number of rotatable bonds is 3. The predicted octanol–water partition coefficient (Wildman–Crippen LogP) is 3.45. The third-order valence-electron chi connectivity index (χ3n) is 1.57. The van der Waals surface area contributed by atoms with E-state index in [0.717, 1.165) is 0 Å². The van der Waals surface area contributed by atoms with E-state index in [1.54, 1.807) is 32.0 Å². The summed E-state index contributed by atoms with van der Waals surface area (Å²) in [6.07, 6.45) is -0.747. The second-order valence-corrected chi connectivity index (χ2v) is 4.17. The number of carbonyl (C=O) groups excluding carboxylic acids is 1. The number of benzene rings is 1. The van der Waals surface area contributed by atoms with Crippen LogP contribution in [0.5, 0.6) is 0 Å². The summed E-state index contributed by atoms with van der Waals surface area (Å²) in [6, 6.07) is 4.88. The van der Waals surface area contributed by atoms with Crippen LogP contribution in [-0.4, -0.2) is 12.2 Å². The quantitative estimate of drug-likeness (QED) is 0.821. The molecule has 1 aromatic rings. The Morgan fingerprint density at radius 2 is 2.06 bits per heavy atom. The van der Waals surface area contributed by atoms with E-state index in [0.29, 0.717) is 15.7 Å². The van der Waals surface area contributed by atoms with Gasteiger partial charge in [-0.25, -0.2) is 10.2 Å². The Labute approximate surface area is 104 Å². The molecule has 0 fully saturated rings. The second-order valence-electron chi connectivity index (χ2n) is 3.33. The van der Waals surface area contributed by atoms with Gasteiger partial charge in [-0.1, -0.05) is 23.2 Å². The minimum absolute atomic E-state index is 0.178. The average Bonchev–Trinajstić information content (AvgIpc) is 2.15. The molecule has 0 aliphatic carbocycles. The first-order chi connectivity index (χ1) is 7.49. The molecular formula is C10H12Cl2N2O2. The van der Waals surface area contributed by atoms with Gasteiger partial charge < -0.3 is 4.74 Å². The fraction of sp³-hybridized carbons (Fsp3) is 0.300. The third kappa shape index (κ3) is 4.16. The van der Waals surface area contributed by atoms with Crippen LogP contribution in [0.15, 0.2) is 18.2 Å². The molecule has 0 saturated carbocycles. The Kier molecular flexibility index (Phi) is 4.71. The Morgan fingerprint density at radius 1 is 1.38 bits per heavy atom. The normalized spacial score (nSPS) is 10.1. The monoisotopic (exact) mass is 262 g/mol. The lowest BCUT2D eigenvalue weighted by molar-refractivity contribution is 0.117. The third-order valence-corrected chi connectivity index (χ3v) is 2.12. The second kappa shape index (κ2) is 5.82. The SMILES string of the molecule is CC(C)OC(=O)NNc1ccc(Cl)cc1Cl. The molecule has 88 valence electrons. The van der Waals surface area contributed by atoms with Crippen molar-refractivity contribution in [1.82, 2.24) is 5.43 Å². The van der Waals surface area contributed by atoms with E-state index in [1.807, 2.05) is 0 Å².